The second-order valence-electron chi connectivity index (χ2n) is 6.38. The SMILES string of the molecule is CC(C)(C)c1ccc(C(O)CC(=O)c2ccccc2)cc1. The van der Waals surface area contributed by atoms with Gasteiger partial charge >= 0.3 is 0 Å². The molecular formula is C19H22O2. The maximum Gasteiger partial charge on any atom is 0.165 e. The highest BCUT2D eigenvalue weighted by Crippen LogP contribution is 2.25. The Morgan fingerprint density at radius 1 is 1.00 bits per heavy atom. The highest BCUT2D eigenvalue weighted by molar-refractivity contribution is 5.96. The van der Waals surface area contributed by atoms with E-state index in [0.717, 1.165) is 5.56 Å². The summed E-state index contributed by atoms with van der Waals surface area (Å²) >= 11 is 0. The summed E-state index contributed by atoms with van der Waals surface area (Å²) in [6, 6.07) is 16.9. The molecule has 0 fully saturated rings. The fraction of sp³-hybridized carbons (Fsp3) is 0.316. The zero-order valence-corrected chi connectivity index (χ0v) is 12.8. The number of aliphatic hydroxyl groups is 1. The van der Waals surface area contributed by atoms with Crippen LogP contribution in [0, 0.1) is 0 Å². The first-order valence-electron chi connectivity index (χ1n) is 7.24. The first-order chi connectivity index (χ1) is 9.88. The van der Waals surface area contributed by atoms with Gasteiger partial charge in [-0.2, -0.15) is 0 Å². The van der Waals surface area contributed by atoms with Gasteiger partial charge in [-0.15, -0.1) is 0 Å². The van der Waals surface area contributed by atoms with Gasteiger partial charge < -0.3 is 5.11 Å². The molecule has 0 aliphatic heterocycles. The molecule has 0 aliphatic carbocycles. The van der Waals surface area contributed by atoms with Crippen LogP contribution in [0.5, 0.6) is 0 Å². The quantitative estimate of drug-likeness (QED) is 0.849. The number of hydrogen-bond donors (Lipinski definition) is 1. The Hall–Kier alpha value is -1.93. The van der Waals surface area contributed by atoms with Gasteiger partial charge in [0.1, 0.15) is 0 Å². The van der Waals surface area contributed by atoms with Crippen molar-refractivity contribution < 1.29 is 9.90 Å². The molecule has 0 bridgehead atoms. The predicted molar refractivity (Wildman–Crippen MR) is 85.5 cm³/mol. The van der Waals surface area contributed by atoms with Gasteiger partial charge in [0.25, 0.3) is 0 Å². The van der Waals surface area contributed by atoms with Crippen molar-refractivity contribution in [3.8, 4) is 0 Å². The highest BCUT2D eigenvalue weighted by atomic mass is 16.3. The monoisotopic (exact) mass is 282 g/mol. The Kier molecular flexibility index (Phi) is 4.59. The van der Waals surface area contributed by atoms with Gasteiger partial charge in [-0.1, -0.05) is 75.4 Å². The van der Waals surface area contributed by atoms with Crippen molar-refractivity contribution in [1.29, 1.82) is 0 Å². The Balaban J connectivity index is 2.07. The second-order valence-corrected chi connectivity index (χ2v) is 6.38. The average molecular weight is 282 g/mol. The third kappa shape index (κ3) is 4.02. The van der Waals surface area contributed by atoms with E-state index in [1.165, 1.54) is 5.56 Å². The number of ketones is 1. The van der Waals surface area contributed by atoms with Crippen molar-refractivity contribution >= 4 is 5.78 Å². The molecule has 2 aromatic carbocycles. The van der Waals surface area contributed by atoms with Crippen molar-refractivity contribution in [2.24, 2.45) is 0 Å². The van der Waals surface area contributed by atoms with E-state index in [-0.39, 0.29) is 17.6 Å². The van der Waals surface area contributed by atoms with Crippen LogP contribution in [-0.2, 0) is 5.41 Å². The fourth-order valence-electron chi connectivity index (χ4n) is 2.24. The largest absolute Gasteiger partial charge is 0.388 e. The fourth-order valence-corrected chi connectivity index (χ4v) is 2.24. The van der Waals surface area contributed by atoms with Crippen LogP contribution in [0.25, 0.3) is 0 Å². The smallest absolute Gasteiger partial charge is 0.165 e. The molecule has 0 aliphatic rings. The number of carbonyl (C=O) groups excluding carboxylic acids is 1. The van der Waals surface area contributed by atoms with Crippen molar-refractivity contribution in [3.05, 3.63) is 71.3 Å². The van der Waals surface area contributed by atoms with E-state index in [1.54, 1.807) is 12.1 Å². The minimum absolute atomic E-state index is 0.0389. The van der Waals surface area contributed by atoms with Crippen molar-refractivity contribution in [1.82, 2.24) is 0 Å². The van der Waals surface area contributed by atoms with E-state index in [1.807, 2.05) is 42.5 Å². The molecule has 1 unspecified atom stereocenters. The molecule has 0 radical (unpaired) electrons. The molecular weight excluding hydrogens is 260 g/mol. The third-order valence-electron chi connectivity index (χ3n) is 3.64. The normalized spacial score (nSPS) is 13.0. The number of rotatable bonds is 4. The first kappa shape index (κ1) is 15.5. The first-order valence-corrected chi connectivity index (χ1v) is 7.24. The van der Waals surface area contributed by atoms with Gasteiger partial charge in [-0.05, 0) is 16.5 Å². The van der Waals surface area contributed by atoms with Gasteiger partial charge in [0.2, 0.25) is 0 Å². The predicted octanol–water partition coefficient (Wildman–Crippen LogP) is 4.29. The van der Waals surface area contributed by atoms with E-state index in [2.05, 4.69) is 20.8 Å². The Morgan fingerprint density at radius 2 is 1.57 bits per heavy atom. The Morgan fingerprint density at radius 3 is 2.10 bits per heavy atom. The van der Waals surface area contributed by atoms with Crippen LogP contribution in [0.2, 0.25) is 0 Å². The lowest BCUT2D eigenvalue weighted by Crippen LogP contribution is -2.11. The summed E-state index contributed by atoms with van der Waals surface area (Å²) in [6.07, 6.45) is -0.648. The van der Waals surface area contributed by atoms with Crippen LogP contribution in [0.3, 0.4) is 0 Å². The van der Waals surface area contributed by atoms with E-state index in [4.69, 9.17) is 0 Å². The van der Waals surface area contributed by atoms with E-state index >= 15 is 0 Å². The molecule has 2 nitrogen and oxygen atoms in total. The summed E-state index contributed by atoms with van der Waals surface area (Å²) in [5.74, 6) is -0.0389. The summed E-state index contributed by atoms with van der Waals surface area (Å²) in [6.45, 7) is 6.45. The maximum atomic E-state index is 12.1. The number of carbonyl (C=O) groups is 1. The topological polar surface area (TPSA) is 37.3 Å². The second kappa shape index (κ2) is 6.23. The van der Waals surface area contributed by atoms with Gasteiger partial charge in [0, 0.05) is 12.0 Å². The van der Waals surface area contributed by atoms with E-state index in [9.17, 15) is 9.90 Å². The minimum Gasteiger partial charge on any atom is -0.388 e. The van der Waals surface area contributed by atoms with Crippen LogP contribution < -0.4 is 0 Å². The molecule has 2 aromatic rings. The van der Waals surface area contributed by atoms with Crippen LogP contribution in [0.15, 0.2) is 54.6 Å². The Bertz CT molecular complexity index is 592. The lowest BCUT2D eigenvalue weighted by atomic mass is 9.86. The molecule has 0 spiro atoms. The number of hydrogen-bond acceptors (Lipinski definition) is 2. The molecule has 1 atom stereocenters. The van der Waals surface area contributed by atoms with Crippen LogP contribution >= 0.6 is 0 Å². The van der Waals surface area contributed by atoms with E-state index < -0.39 is 6.10 Å². The molecule has 2 heteroatoms. The summed E-state index contributed by atoms with van der Waals surface area (Å²) in [7, 11) is 0. The summed E-state index contributed by atoms with van der Waals surface area (Å²) in [5, 5.41) is 10.2. The molecule has 0 amide bonds. The molecule has 1 N–H and O–H groups in total. The minimum atomic E-state index is -0.758. The lowest BCUT2D eigenvalue weighted by molar-refractivity contribution is 0.0880. The molecule has 0 aromatic heterocycles. The highest BCUT2D eigenvalue weighted by Gasteiger charge is 2.17. The van der Waals surface area contributed by atoms with Gasteiger partial charge in [0.15, 0.2) is 5.78 Å². The van der Waals surface area contributed by atoms with Gasteiger partial charge in [0.05, 0.1) is 6.10 Å². The van der Waals surface area contributed by atoms with Crippen molar-refractivity contribution in [3.63, 3.8) is 0 Å². The third-order valence-corrected chi connectivity index (χ3v) is 3.64. The molecule has 110 valence electrons. The van der Waals surface area contributed by atoms with Crippen molar-refractivity contribution in [2.75, 3.05) is 0 Å². The standard InChI is InChI=1S/C19H22O2/c1-19(2,3)16-11-9-15(10-12-16)18(21)13-17(20)14-7-5-4-6-8-14/h4-12,18,21H,13H2,1-3H3. The zero-order valence-electron chi connectivity index (χ0n) is 12.8. The summed E-state index contributed by atoms with van der Waals surface area (Å²) in [5.41, 5.74) is 2.73. The van der Waals surface area contributed by atoms with Gasteiger partial charge in [-0.25, -0.2) is 0 Å². The zero-order chi connectivity index (χ0) is 15.5. The van der Waals surface area contributed by atoms with Crippen LogP contribution in [0.4, 0.5) is 0 Å². The molecule has 0 saturated heterocycles. The van der Waals surface area contributed by atoms with Crippen LogP contribution in [-0.4, -0.2) is 10.9 Å². The molecule has 0 heterocycles. The lowest BCUT2D eigenvalue weighted by Gasteiger charge is -2.20. The summed E-state index contributed by atoms with van der Waals surface area (Å²) < 4.78 is 0. The molecule has 2 rings (SSSR count). The van der Waals surface area contributed by atoms with Crippen LogP contribution in [0.1, 0.15) is 54.8 Å². The number of benzene rings is 2. The maximum absolute atomic E-state index is 12.1. The van der Waals surface area contributed by atoms with Gasteiger partial charge in [-0.3, -0.25) is 4.79 Å². The van der Waals surface area contributed by atoms with E-state index in [0.29, 0.717) is 5.56 Å². The summed E-state index contributed by atoms with van der Waals surface area (Å²) in [4.78, 5) is 12.1. The molecule has 21 heavy (non-hydrogen) atoms. The average Bonchev–Trinajstić information content (AvgIpc) is 2.47. The molecule has 0 saturated carbocycles. The van der Waals surface area contributed by atoms with Crippen molar-refractivity contribution in [2.45, 2.75) is 38.7 Å². The number of aliphatic hydroxyl groups excluding tert-OH is 1. The number of Topliss-reactive ketones (excluding diaryl/α,β-unsaturated/α-hetero) is 1. The Labute approximate surface area is 126 Å².